The maximum atomic E-state index is 11.3. The molecule has 3 rings (SSSR count). The van der Waals surface area contributed by atoms with E-state index in [-0.39, 0.29) is 12.4 Å². The van der Waals surface area contributed by atoms with E-state index in [0.29, 0.717) is 22.7 Å². The number of rotatable bonds is 4. The fourth-order valence-electron chi connectivity index (χ4n) is 2.19. The Morgan fingerprint density at radius 2 is 2.14 bits per heavy atom. The molecule has 0 aliphatic rings. The lowest BCUT2D eigenvalue weighted by atomic mass is 10.1. The fourth-order valence-corrected chi connectivity index (χ4v) is 2.35. The van der Waals surface area contributed by atoms with E-state index in [0.717, 1.165) is 11.1 Å². The molecule has 112 valence electrons. The number of aromatic nitrogens is 1. The van der Waals surface area contributed by atoms with Gasteiger partial charge in [0.2, 0.25) is 5.89 Å². The number of hydrogen-bond donors (Lipinski definition) is 1. The van der Waals surface area contributed by atoms with Gasteiger partial charge in [-0.3, -0.25) is 9.63 Å². The predicted octanol–water partition coefficient (Wildman–Crippen LogP) is 3.78. The van der Waals surface area contributed by atoms with Crippen LogP contribution in [0.15, 0.2) is 46.9 Å². The Bertz CT molecular complexity index is 829. The summed E-state index contributed by atoms with van der Waals surface area (Å²) < 4.78 is 10.4. The number of ether oxygens (including phenoxy) is 1. The summed E-state index contributed by atoms with van der Waals surface area (Å²) >= 11 is 5.71. The molecule has 0 aliphatic carbocycles. The van der Waals surface area contributed by atoms with Gasteiger partial charge in [-0.2, -0.15) is 0 Å². The lowest BCUT2D eigenvalue weighted by Crippen LogP contribution is -2.04. The van der Waals surface area contributed by atoms with E-state index >= 15 is 0 Å². The van der Waals surface area contributed by atoms with Gasteiger partial charge < -0.3 is 9.15 Å². The van der Waals surface area contributed by atoms with Gasteiger partial charge in [0.05, 0.1) is 24.8 Å². The molecule has 0 saturated carbocycles. The number of hydrogen-bond acceptors (Lipinski definition) is 5. The van der Waals surface area contributed by atoms with Crippen LogP contribution < -0.4 is 4.84 Å². The minimum Gasteiger partial charge on any atom is -0.469 e. The minimum atomic E-state index is -0.292. The van der Waals surface area contributed by atoms with Crippen LogP contribution in [0.25, 0.3) is 22.6 Å². The number of methoxy groups -OCH3 is 1. The molecule has 1 N–H and O–H groups in total. The maximum Gasteiger partial charge on any atom is 0.309 e. The van der Waals surface area contributed by atoms with Crippen molar-refractivity contribution in [1.29, 1.82) is 0 Å². The van der Waals surface area contributed by atoms with Crippen molar-refractivity contribution >= 4 is 34.5 Å². The number of fused-ring (bicyclic) bond motifs is 1. The number of carbonyl (C=O) groups excluding carboxylic acids is 1. The molecule has 0 spiro atoms. The molecule has 0 saturated heterocycles. The van der Waals surface area contributed by atoms with Crippen LogP contribution in [0.3, 0.4) is 0 Å². The third-order valence-electron chi connectivity index (χ3n) is 3.29. The number of oxazole rings is 1. The van der Waals surface area contributed by atoms with E-state index in [9.17, 15) is 4.79 Å². The van der Waals surface area contributed by atoms with Crippen LogP contribution >= 0.6 is 11.8 Å². The number of halogens is 1. The number of anilines is 1. The van der Waals surface area contributed by atoms with Gasteiger partial charge in [-0.05, 0) is 29.8 Å². The van der Waals surface area contributed by atoms with Crippen LogP contribution in [-0.2, 0) is 16.0 Å². The van der Waals surface area contributed by atoms with E-state index in [2.05, 4.69) is 14.6 Å². The number of nitrogens with one attached hydrogen (secondary N) is 1. The van der Waals surface area contributed by atoms with Gasteiger partial charge in [0.15, 0.2) is 5.58 Å². The van der Waals surface area contributed by atoms with E-state index in [1.807, 2.05) is 36.4 Å². The number of esters is 1. The number of carbonyl (C=O) groups is 1. The summed E-state index contributed by atoms with van der Waals surface area (Å²) in [6, 6.07) is 12.9. The fraction of sp³-hybridized carbons (Fsp3) is 0.125. The van der Waals surface area contributed by atoms with Crippen LogP contribution in [0.5, 0.6) is 0 Å². The largest absolute Gasteiger partial charge is 0.469 e. The molecule has 0 unspecified atom stereocenters. The highest BCUT2D eigenvalue weighted by molar-refractivity contribution is 6.24. The first-order valence-corrected chi connectivity index (χ1v) is 7.01. The quantitative estimate of drug-likeness (QED) is 0.586. The number of benzene rings is 2. The molecular formula is C16H13ClN2O3. The molecular weight excluding hydrogens is 304 g/mol. The summed E-state index contributed by atoms with van der Waals surface area (Å²) in [5.74, 6) is 0.175. The van der Waals surface area contributed by atoms with Gasteiger partial charge in [0, 0.05) is 11.8 Å². The van der Waals surface area contributed by atoms with Crippen LogP contribution in [0.4, 0.5) is 5.69 Å². The minimum absolute atomic E-state index is 0.203. The third kappa shape index (κ3) is 2.76. The van der Waals surface area contributed by atoms with Crippen molar-refractivity contribution < 1.29 is 13.9 Å². The second kappa shape index (κ2) is 6.07. The van der Waals surface area contributed by atoms with Crippen molar-refractivity contribution in [2.75, 3.05) is 11.9 Å². The van der Waals surface area contributed by atoms with Crippen LogP contribution in [0.1, 0.15) is 5.56 Å². The standard InChI is InChI=1S/C16H13ClN2O3/c1-21-15(20)9-10-6-7-14-13(8-10)18-16(22-14)11-4-2-3-5-12(11)19-17/h2-8,19H,9H2,1H3. The molecule has 22 heavy (non-hydrogen) atoms. The molecule has 0 fully saturated rings. The first-order chi connectivity index (χ1) is 10.7. The van der Waals surface area contributed by atoms with Gasteiger partial charge in [0.25, 0.3) is 0 Å². The molecule has 3 aromatic rings. The Balaban J connectivity index is 2.01. The summed E-state index contributed by atoms with van der Waals surface area (Å²) in [6.45, 7) is 0. The van der Waals surface area contributed by atoms with Gasteiger partial charge in [-0.1, -0.05) is 18.2 Å². The van der Waals surface area contributed by atoms with Crippen molar-refractivity contribution in [3.8, 4) is 11.5 Å². The SMILES string of the molecule is COC(=O)Cc1ccc2oc(-c3ccccc3NCl)nc2c1. The maximum absolute atomic E-state index is 11.3. The molecule has 0 aliphatic heterocycles. The molecule has 0 atom stereocenters. The highest BCUT2D eigenvalue weighted by atomic mass is 35.5. The van der Waals surface area contributed by atoms with Crippen molar-refractivity contribution in [1.82, 2.24) is 4.98 Å². The van der Waals surface area contributed by atoms with Crippen molar-refractivity contribution in [3.63, 3.8) is 0 Å². The molecule has 0 radical (unpaired) electrons. The van der Waals surface area contributed by atoms with E-state index in [1.165, 1.54) is 7.11 Å². The van der Waals surface area contributed by atoms with Crippen LogP contribution in [-0.4, -0.2) is 18.1 Å². The molecule has 6 heteroatoms. The van der Waals surface area contributed by atoms with Gasteiger partial charge in [0.1, 0.15) is 5.52 Å². The molecule has 0 bridgehead atoms. The van der Waals surface area contributed by atoms with Gasteiger partial charge >= 0.3 is 5.97 Å². The Morgan fingerprint density at radius 3 is 2.91 bits per heavy atom. The first kappa shape index (κ1) is 14.4. The zero-order valence-electron chi connectivity index (χ0n) is 11.8. The van der Waals surface area contributed by atoms with Crippen molar-refractivity contribution in [2.24, 2.45) is 0 Å². The Labute approximate surface area is 132 Å². The average molecular weight is 317 g/mol. The lowest BCUT2D eigenvalue weighted by Gasteiger charge is -2.02. The summed E-state index contributed by atoms with van der Waals surface area (Å²) in [4.78, 5) is 18.4. The summed E-state index contributed by atoms with van der Waals surface area (Å²) in [5, 5.41) is 0. The highest BCUT2D eigenvalue weighted by Gasteiger charge is 2.13. The zero-order chi connectivity index (χ0) is 15.5. The van der Waals surface area contributed by atoms with Crippen LogP contribution in [0.2, 0.25) is 0 Å². The molecule has 1 heterocycles. The monoisotopic (exact) mass is 316 g/mol. The Morgan fingerprint density at radius 1 is 1.32 bits per heavy atom. The molecule has 1 aromatic heterocycles. The smallest absolute Gasteiger partial charge is 0.309 e. The lowest BCUT2D eigenvalue weighted by molar-refractivity contribution is -0.139. The second-order valence-corrected chi connectivity index (χ2v) is 4.90. The topological polar surface area (TPSA) is 64.4 Å². The summed E-state index contributed by atoms with van der Waals surface area (Å²) in [7, 11) is 1.37. The number of nitrogens with zero attached hydrogens (tertiary/aromatic N) is 1. The van der Waals surface area contributed by atoms with E-state index < -0.39 is 0 Å². The third-order valence-corrected chi connectivity index (χ3v) is 3.49. The normalized spacial score (nSPS) is 10.6. The van der Waals surface area contributed by atoms with Crippen molar-refractivity contribution in [2.45, 2.75) is 6.42 Å². The van der Waals surface area contributed by atoms with Gasteiger partial charge in [-0.15, -0.1) is 0 Å². The zero-order valence-corrected chi connectivity index (χ0v) is 12.6. The number of para-hydroxylation sites is 1. The molecule has 5 nitrogen and oxygen atoms in total. The van der Waals surface area contributed by atoms with E-state index in [1.54, 1.807) is 6.07 Å². The predicted molar refractivity (Wildman–Crippen MR) is 84.6 cm³/mol. The van der Waals surface area contributed by atoms with Crippen LogP contribution in [0, 0.1) is 0 Å². The molecule has 2 aromatic carbocycles. The van der Waals surface area contributed by atoms with E-state index in [4.69, 9.17) is 16.2 Å². The second-order valence-electron chi connectivity index (χ2n) is 4.71. The summed E-state index contributed by atoms with van der Waals surface area (Å²) in [5.41, 5.74) is 3.63. The Kier molecular flexibility index (Phi) is 3.98. The van der Waals surface area contributed by atoms with Crippen molar-refractivity contribution in [3.05, 3.63) is 48.0 Å². The van der Waals surface area contributed by atoms with Gasteiger partial charge in [-0.25, -0.2) is 4.98 Å². The molecule has 0 amide bonds. The first-order valence-electron chi connectivity index (χ1n) is 6.63. The summed E-state index contributed by atoms with van der Waals surface area (Å²) in [6.07, 6.45) is 0.203. The Hall–Kier alpha value is -2.53. The average Bonchev–Trinajstić information content (AvgIpc) is 2.97. The highest BCUT2D eigenvalue weighted by Crippen LogP contribution is 2.30.